The predicted molar refractivity (Wildman–Crippen MR) is 116 cm³/mol. The van der Waals surface area contributed by atoms with E-state index >= 15 is 0 Å². The van der Waals surface area contributed by atoms with Crippen LogP contribution in [0.1, 0.15) is 17.0 Å². The van der Waals surface area contributed by atoms with Crippen LogP contribution in [0.4, 0.5) is 0 Å². The molecule has 0 fully saturated rings. The lowest BCUT2D eigenvalue weighted by atomic mass is 10.2. The fourth-order valence-electron chi connectivity index (χ4n) is 2.34. The summed E-state index contributed by atoms with van der Waals surface area (Å²) < 4.78 is 8.62. The topological polar surface area (TPSA) is 63.5 Å². The molecule has 0 aliphatic rings. The number of hydrogen-bond acceptors (Lipinski definition) is 3. The Bertz CT molecular complexity index is 700. The van der Waals surface area contributed by atoms with Gasteiger partial charge in [0.2, 0.25) is 0 Å². The largest absolute Gasteiger partial charge is 0.492 e. The molecule has 2 N–H and O–H groups in total. The van der Waals surface area contributed by atoms with Crippen LogP contribution in [0.5, 0.6) is 5.75 Å². The third-order valence-electron chi connectivity index (χ3n) is 3.79. The molecule has 0 spiro atoms. The molecule has 1 heterocycles. The second-order valence-corrected chi connectivity index (χ2v) is 6.34. The Balaban J connectivity index is 0.00000312. The Morgan fingerprint density at radius 3 is 2.48 bits per heavy atom. The van der Waals surface area contributed by atoms with Gasteiger partial charge in [0.1, 0.15) is 12.4 Å². The minimum Gasteiger partial charge on any atom is -0.492 e. The zero-order valence-electron chi connectivity index (χ0n) is 15.0. The van der Waals surface area contributed by atoms with Crippen LogP contribution in [0.15, 0.2) is 33.7 Å². The third kappa shape index (κ3) is 6.50. The van der Waals surface area contributed by atoms with Crippen LogP contribution in [0, 0.1) is 13.8 Å². The number of guanidine groups is 1. The summed E-state index contributed by atoms with van der Waals surface area (Å²) in [5, 5.41) is 11.0. The Labute approximate surface area is 174 Å². The maximum Gasteiger partial charge on any atom is 0.191 e. The number of nitrogens with one attached hydrogen (secondary N) is 2. The minimum absolute atomic E-state index is 0. The number of hydrogen-bond donors (Lipinski definition) is 2. The van der Waals surface area contributed by atoms with Crippen LogP contribution >= 0.6 is 39.9 Å². The van der Waals surface area contributed by atoms with Gasteiger partial charge in [0.15, 0.2) is 5.96 Å². The van der Waals surface area contributed by atoms with Gasteiger partial charge in [-0.3, -0.25) is 9.67 Å². The standard InChI is InChI=1S/C17H24BrN5O.HI/c1-12-16(13(2)23(4)22-12)11-21-17(19-3)20-9-10-24-15-7-5-14(18)6-8-15;/h5-8H,9-11H2,1-4H3,(H2,19,20,21);1H. The summed E-state index contributed by atoms with van der Waals surface area (Å²) in [5.74, 6) is 1.60. The first-order chi connectivity index (χ1) is 11.5. The van der Waals surface area contributed by atoms with Gasteiger partial charge >= 0.3 is 0 Å². The number of aliphatic imine (C=N–C) groups is 1. The van der Waals surface area contributed by atoms with Gasteiger partial charge in [0.05, 0.1) is 12.2 Å². The second-order valence-electron chi connectivity index (χ2n) is 5.43. The summed E-state index contributed by atoms with van der Waals surface area (Å²) >= 11 is 3.41. The van der Waals surface area contributed by atoms with Crippen molar-refractivity contribution in [1.82, 2.24) is 20.4 Å². The number of benzene rings is 1. The van der Waals surface area contributed by atoms with Crippen molar-refractivity contribution in [3.63, 3.8) is 0 Å². The average Bonchev–Trinajstić information content (AvgIpc) is 2.81. The van der Waals surface area contributed by atoms with Crippen LogP contribution in [0.2, 0.25) is 0 Å². The van der Waals surface area contributed by atoms with E-state index in [9.17, 15) is 0 Å². The van der Waals surface area contributed by atoms with Crippen LogP contribution in [-0.4, -0.2) is 35.9 Å². The summed E-state index contributed by atoms with van der Waals surface area (Å²) in [7, 11) is 3.71. The predicted octanol–water partition coefficient (Wildman–Crippen LogP) is 3.16. The van der Waals surface area contributed by atoms with Crippen molar-refractivity contribution in [3.8, 4) is 5.75 Å². The van der Waals surface area contributed by atoms with E-state index < -0.39 is 0 Å². The van der Waals surface area contributed by atoms with E-state index in [0.717, 1.165) is 27.6 Å². The van der Waals surface area contributed by atoms with Crippen molar-refractivity contribution in [3.05, 3.63) is 45.7 Å². The molecule has 1 aromatic carbocycles. The highest BCUT2D eigenvalue weighted by atomic mass is 127. The van der Waals surface area contributed by atoms with Crippen molar-refractivity contribution in [2.75, 3.05) is 20.2 Å². The Hall–Kier alpha value is -1.29. The number of aromatic nitrogens is 2. The van der Waals surface area contributed by atoms with E-state index in [1.54, 1.807) is 7.05 Å². The van der Waals surface area contributed by atoms with Gasteiger partial charge in [-0.25, -0.2) is 0 Å². The minimum atomic E-state index is 0. The van der Waals surface area contributed by atoms with Crippen molar-refractivity contribution in [1.29, 1.82) is 0 Å². The fraction of sp³-hybridized carbons (Fsp3) is 0.412. The summed E-state index contributed by atoms with van der Waals surface area (Å²) in [5.41, 5.74) is 3.40. The quantitative estimate of drug-likeness (QED) is 0.265. The molecule has 0 saturated heterocycles. The number of halogens is 2. The van der Waals surface area contributed by atoms with Gasteiger partial charge in [0, 0.05) is 36.4 Å². The van der Waals surface area contributed by atoms with Crippen LogP contribution in [0.3, 0.4) is 0 Å². The fourth-order valence-corrected chi connectivity index (χ4v) is 2.60. The lowest BCUT2D eigenvalue weighted by Crippen LogP contribution is -2.39. The lowest BCUT2D eigenvalue weighted by Gasteiger charge is -2.13. The molecule has 1 aromatic heterocycles. The molecule has 0 radical (unpaired) electrons. The van der Waals surface area contributed by atoms with E-state index in [2.05, 4.69) is 43.6 Å². The van der Waals surface area contributed by atoms with Crippen molar-refractivity contribution >= 4 is 45.9 Å². The lowest BCUT2D eigenvalue weighted by molar-refractivity contribution is 0.322. The van der Waals surface area contributed by atoms with Crippen LogP contribution in [0.25, 0.3) is 0 Å². The zero-order valence-corrected chi connectivity index (χ0v) is 18.9. The molecule has 0 saturated carbocycles. The third-order valence-corrected chi connectivity index (χ3v) is 4.32. The number of nitrogens with zero attached hydrogens (tertiary/aromatic N) is 3. The maximum absolute atomic E-state index is 5.68. The smallest absolute Gasteiger partial charge is 0.191 e. The molecule has 0 atom stereocenters. The van der Waals surface area contributed by atoms with E-state index in [1.165, 1.54) is 5.56 Å². The van der Waals surface area contributed by atoms with Gasteiger partial charge in [-0.2, -0.15) is 5.10 Å². The highest BCUT2D eigenvalue weighted by molar-refractivity contribution is 14.0. The molecule has 0 bridgehead atoms. The highest BCUT2D eigenvalue weighted by Crippen LogP contribution is 2.15. The van der Waals surface area contributed by atoms with Crippen molar-refractivity contribution < 1.29 is 4.74 Å². The van der Waals surface area contributed by atoms with Gasteiger partial charge < -0.3 is 15.4 Å². The van der Waals surface area contributed by atoms with Crippen molar-refractivity contribution in [2.45, 2.75) is 20.4 Å². The molecule has 25 heavy (non-hydrogen) atoms. The van der Waals surface area contributed by atoms with Crippen molar-refractivity contribution in [2.24, 2.45) is 12.0 Å². The summed E-state index contributed by atoms with van der Waals surface area (Å²) in [6.45, 7) is 6.01. The molecule has 138 valence electrons. The maximum atomic E-state index is 5.68. The molecule has 0 unspecified atom stereocenters. The first kappa shape index (κ1) is 21.8. The van der Waals surface area contributed by atoms with Gasteiger partial charge in [0.25, 0.3) is 0 Å². The summed E-state index contributed by atoms with van der Waals surface area (Å²) in [6.07, 6.45) is 0. The van der Waals surface area contributed by atoms with Gasteiger partial charge in [-0.15, -0.1) is 24.0 Å². The molecular formula is C17H25BrIN5O. The number of aryl methyl sites for hydroxylation is 2. The average molecular weight is 522 g/mol. The zero-order chi connectivity index (χ0) is 17.5. The van der Waals surface area contributed by atoms with Gasteiger partial charge in [-0.1, -0.05) is 15.9 Å². The Morgan fingerprint density at radius 1 is 1.24 bits per heavy atom. The van der Waals surface area contributed by atoms with E-state index in [0.29, 0.717) is 19.7 Å². The molecule has 6 nitrogen and oxygen atoms in total. The van der Waals surface area contributed by atoms with E-state index in [4.69, 9.17) is 4.74 Å². The highest BCUT2D eigenvalue weighted by Gasteiger charge is 2.09. The molecule has 0 aliphatic heterocycles. The number of ether oxygens (including phenoxy) is 1. The Kier molecular flexibility index (Phi) is 9.26. The summed E-state index contributed by atoms with van der Waals surface area (Å²) in [6, 6.07) is 7.79. The van der Waals surface area contributed by atoms with Gasteiger partial charge in [-0.05, 0) is 38.1 Å². The molecule has 8 heteroatoms. The molecule has 2 aromatic rings. The normalized spacial score (nSPS) is 11.0. The molecule has 0 amide bonds. The SMILES string of the molecule is CN=C(NCCOc1ccc(Br)cc1)NCc1c(C)nn(C)c1C.I. The van der Waals surface area contributed by atoms with Crippen LogP contribution < -0.4 is 15.4 Å². The van der Waals surface area contributed by atoms with Crippen LogP contribution in [-0.2, 0) is 13.6 Å². The molecule has 0 aliphatic carbocycles. The monoisotopic (exact) mass is 521 g/mol. The molecule has 2 rings (SSSR count). The van der Waals surface area contributed by atoms with E-state index in [-0.39, 0.29) is 24.0 Å². The van der Waals surface area contributed by atoms with E-state index in [1.807, 2.05) is 42.9 Å². The first-order valence-electron chi connectivity index (χ1n) is 7.83. The molecular weight excluding hydrogens is 497 g/mol. The number of rotatable bonds is 6. The first-order valence-corrected chi connectivity index (χ1v) is 8.62. The second kappa shape index (κ2) is 10.6. The summed E-state index contributed by atoms with van der Waals surface area (Å²) in [4.78, 5) is 4.23. The Morgan fingerprint density at radius 2 is 1.92 bits per heavy atom.